The summed E-state index contributed by atoms with van der Waals surface area (Å²) in [7, 11) is 0. The van der Waals surface area contributed by atoms with E-state index < -0.39 is 0 Å². The molecular formula is C17H27NO2. The van der Waals surface area contributed by atoms with E-state index in [4.69, 9.17) is 15.2 Å². The Bertz CT molecular complexity index is 452. The number of nitrogens with two attached hydrogens (primary N) is 1. The normalized spacial score (nSPS) is 20.4. The topological polar surface area (TPSA) is 44.5 Å². The summed E-state index contributed by atoms with van der Waals surface area (Å²) in [6.45, 7) is 9.34. The summed E-state index contributed by atoms with van der Waals surface area (Å²) >= 11 is 0. The first kappa shape index (κ1) is 15.2. The number of benzene rings is 1. The van der Waals surface area contributed by atoms with E-state index in [2.05, 4.69) is 27.7 Å². The van der Waals surface area contributed by atoms with Gasteiger partial charge in [0.15, 0.2) is 0 Å². The lowest BCUT2D eigenvalue weighted by Gasteiger charge is -2.40. The number of ether oxygens (including phenoxy) is 2. The van der Waals surface area contributed by atoms with Crippen LogP contribution in [0.5, 0.6) is 11.5 Å². The van der Waals surface area contributed by atoms with E-state index in [0.717, 1.165) is 42.9 Å². The molecule has 0 saturated carbocycles. The van der Waals surface area contributed by atoms with E-state index in [1.165, 1.54) is 0 Å². The van der Waals surface area contributed by atoms with Crippen molar-refractivity contribution in [3.63, 3.8) is 0 Å². The van der Waals surface area contributed by atoms with Crippen molar-refractivity contribution in [2.75, 3.05) is 6.61 Å². The summed E-state index contributed by atoms with van der Waals surface area (Å²) in [6.07, 6.45) is 2.85. The second kappa shape index (κ2) is 6.04. The highest BCUT2D eigenvalue weighted by Crippen LogP contribution is 2.43. The van der Waals surface area contributed by atoms with Crippen molar-refractivity contribution in [3.05, 3.63) is 23.8 Å². The predicted molar refractivity (Wildman–Crippen MR) is 82.3 cm³/mol. The molecule has 0 aromatic heterocycles. The maximum Gasteiger partial charge on any atom is 0.128 e. The molecule has 0 amide bonds. The molecule has 0 spiro atoms. The van der Waals surface area contributed by atoms with Crippen LogP contribution in [-0.2, 0) is 0 Å². The highest BCUT2D eigenvalue weighted by atomic mass is 16.5. The molecule has 1 atom stereocenters. The van der Waals surface area contributed by atoms with E-state index in [1.54, 1.807) is 0 Å². The first-order valence-corrected chi connectivity index (χ1v) is 7.71. The van der Waals surface area contributed by atoms with E-state index in [-0.39, 0.29) is 11.6 Å². The van der Waals surface area contributed by atoms with Gasteiger partial charge in [-0.1, -0.05) is 33.8 Å². The quantitative estimate of drug-likeness (QED) is 0.882. The molecule has 0 fully saturated rings. The molecule has 2 rings (SSSR count). The molecule has 1 aromatic rings. The van der Waals surface area contributed by atoms with Crippen LogP contribution in [0.4, 0.5) is 0 Å². The van der Waals surface area contributed by atoms with Crippen molar-refractivity contribution in [1.29, 1.82) is 0 Å². The molecule has 1 unspecified atom stereocenters. The van der Waals surface area contributed by atoms with Gasteiger partial charge in [-0.3, -0.25) is 0 Å². The third-order valence-electron chi connectivity index (χ3n) is 4.17. The molecule has 0 radical (unpaired) electrons. The highest BCUT2D eigenvalue weighted by Gasteiger charge is 2.37. The van der Waals surface area contributed by atoms with Crippen molar-refractivity contribution in [2.45, 2.75) is 58.6 Å². The fraction of sp³-hybridized carbons (Fsp3) is 0.647. The van der Waals surface area contributed by atoms with E-state index in [1.807, 2.05) is 18.2 Å². The van der Waals surface area contributed by atoms with E-state index >= 15 is 0 Å². The zero-order chi connectivity index (χ0) is 14.8. The number of hydrogen-bond donors (Lipinski definition) is 1. The SMILES string of the molecule is CCC1(CC)CC(N)c2ccc(OCC(C)C)cc2O1. The van der Waals surface area contributed by atoms with Gasteiger partial charge in [0.1, 0.15) is 17.1 Å². The Morgan fingerprint density at radius 3 is 2.65 bits per heavy atom. The van der Waals surface area contributed by atoms with Crippen LogP contribution < -0.4 is 15.2 Å². The van der Waals surface area contributed by atoms with E-state index in [0.29, 0.717) is 5.92 Å². The standard InChI is InChI=1S/C17H27NO2/c1-5-17(6-2)10-15(18)14-8-7-13(9-16(14)20-17)19-11-12(3)4/h7-9,12,15H,5-6,10-11,18H2,1-4H3. The van der Waals surface area contributed by atoms with Crippen LogP contribution in [0.1, 0.15) is 58.6 Å². The molecule has 1 aliphatic heterocycles. The predicted octanol–water partition coefficient (Wildman–Crippen LogP) is 4.06. The van der Waals surface area contributed by atoms with E-state index in [9.17, 15) is 0 Å². The Kier molecular flexibility index (Phi) is 4.59. The van der Waals surface area contributed by atoms with Gasteiger partial charge in [-0.25, -0.2) is 0 Å². The van der Waals surface area contributed by atoms with Gasteiger partial charge in [0.05, 0.1) is 6.61 Å². The fourth-order valence-corrected chi connectivity index (χ4v) is 2.73. The second-order valence-electron chi connectivity index (χ2n) is 6.21. The molecule has 1 heterocycles. The summed E-state index contributed by atoms with van der Waals surface area (Å²) in [5.74, 6) is 2.28. The first-order chi connectivity index (χ1) is 9.49. The van der Waals surface area contributed by atoms with Crippen LogP contribution >= 0.6 is 0 Å². The lowest BCUT2D eigenvalue weighted by molar-refractivity contribution is 0.0279. The Morgan fingerprint density at radius 2 is 2.05 bits per heavy atom. The average molecular weight is 277 g/mol. The molecule has 1 aromatic carbocycles. The molecule has 0 bridgehead atoms. The minimum Gasteiger partial charge on any atom is -0.493 e. The Labute approximate surface area is 122 Å². The molecule has 0 aliphatic carbocycles. The minimum absolute atomic E-state index is 0.0535. The summed E-state index contributed by atoms with van der Waals surface area (Å²) in [5.41, 5.74) is 7.30. The molecule has 20 heavy (non-hydrogen) atoms. The number of fused-ring (bicyclic) bond motifs is 1. The Balaban J connectivity index is 2.24. The lowest BCUT2D eigenvalue weighted by atomic mass is 9.84. The molecule has 3 heteroatoms. The maximum atomic E-state index is 6.32. The monoisotopic (exact) mass is 277 g/mol. The number of hydrogen-bond acceptors (Lipinski definition) is 3. The largest absolute Gasteiger partial charge is 0.493 e. The summed E-state index contributed by atoms with van der Waals surface area (Å²) in [6, 6.07) is 6.09. The van der Waals surface area contributed by atoms with Crippen molar-refractivity contribution in [3.8, 4) is 11.5 Å². The molecular weight excluding hydrogens is 250 g/mol. The zero-order valence-corrected chi connectivity index (χ0v) is 13.1. The van der Waals surface area contributed by atoms with Crippen molar-refractivity contribution in [1.82, 2.24) is 0 Å². The average Bonchev–Trinajstić information content (AvgIpc) is 2.44. The zero-order valence-electron chi connectivity index (χ0n) is 13.1. The van der Waals surface area contributed by atoms with Gasteiger partial charge in [-0.15, -0.1) is 0 Å². The Morgan fingerprint density at radius 1 is 1.35 bits per heavy atom. The van der Waals surface area contributed by atoms with Gasteiger partial charge in [-0.2, -0.15) is 0 Å². The van der Waals surface area contributed by atoms with Gasteiger partial charge in [0.25, 0.3) is 0 Å². The van der Waals surface area contributed by atoms with Crippen LogP contribution in [0.3, 0.4) is 0 Å². The molecule has 112 valence electrons. The summed E-state index contributed by atoms with van der Waals surface area (Å²) in [4.78, 5) is 0. The third-order valence-corrected chi connectivity index (χ3v) is 4.17. The molecule has 2 N–H and O–H groups in total. The first-order valence-electron chi connectivity index (χ1n) is 7.71. The fourth-order valence-electron chi connectivity index (χ4n) is 2.73. The molecule has 1 aliphatic rings. The van der Waals surface area contributed by atoms with Gasteiger partial charge in [0.2, 0.25) is 0 Å². The van der Waals surface area contributed by atoms with Crippen LogP contribution in [0.15, 0.2) is 18.2 Å². The van der Waals surface area contributed by atoms with Gasteiger partial charge < -0.3 is 15.2 Å². The minimum atomic E-state index is -0.122. The third kappa shape index (κ3) is 3.09. The Hall–Kier alpha value is -1.22. The summed E-state index contributed by atoms with van der Waals surface area (Å²) < 4.78 is 12.1. The van der Waals surface area contributed by atoms with Crippen LogP contribution in [-0.4, -0.2) is 12.2 Å². The number of rotatable bonds is 5. The van der Waals surface area contributed by atoms with Gasteiger partial charge >= 0.3 is 0 Å². The van der Waals surface area contributed by atoms with Gasteiger partial charge in [0, 0.05) is 24.1 Å². The van der Waals surface area contributed by atoms with Gasteiger partial charge in [-0.05, 0) is 24.8 Å². The highest BCUT2D eigenvalue weighted by molar-refractivity contribution is 5.44. The van der Waals surface area contributed by atoms with Crippen molar-refractivity contribution >= 4 is 0 Å². The van der Waals surface area contributed by atoms with Crippen LogP contribution in [0, 0.1) is 5.92 Å². The van der Waals surface area contributed by atoms with Crippen LogP contribution in [0.25, 0.3) is 0 Å². The van der Waals surface area contributed by atoms with Crippen molar-refractivity contribution in [2.24, 2.45) is 11.7 Å². The molecule has 0 saturated heterocycles. The lowest BCUT2D eigenvalue weighted by Crippen LogP contribution is -2.41. The molecule has 3 nitrogen and oxygen atoms in total. The van der Waals surface area contributed by atoms with Crippen molar-refractivity contribution < 1.29 is 9.47 Å². The summed E-state index contributed by atoms with van der Waals surface area (Å²) in [5, 5.41) is 0. The second-order valence-corrected chi connectivity index (χ2v) is 6.21. The smallest absolute Gasteiger partial charge is 0.128 e. The van der Waals surface area contributed by atoms with Crippen LogP contribution in [0.2, 0.25) is 0 Å². The maximum absolute atomic E-state index is 6.32.